The molecule has 2 aromatic carbocycles. The van der Waals surface area contributed by atoms with Gasteiger partial charge in [0.25, 0.3) is 0 Å². The van der Waals surface area contributed by atoms with Crippen LogP contribution in [0.3, 0.4) is 0 Å². The van der Waals surface area contributed by atoms with Crippen molar-refractivity contribution in [2.24, 2.45) is 0 Å². The number of carbonyl (C=O) groups excluding carboxylic acids is 3. The standard InChI is InChI=1S/C19H16ClF2N3O4/c1-29-16-5-2-11(8-13(16)20)23-17(26)10-24-6-7-25(19(28)18(24)27)12-3-4-14(21)15(22)9-12/h2-5,8-9H,6-7,10H2,1H3,(H,23,26). The molecule has 0 unspecified atom stereocenters. The molecule has 0 saturated carbocycles. The molecule has 7 nitrogen and oxygen atoms in total. The summed E-state index contributed by atoms with van der Waals surface area (Å²) in [6.45, 7) is -0.252. The van der Waals surface area contributed by atoms with E-state index in [1.807, 2.05) is 0 Å². The average Bonchev–Trinajstić information content (AvgIpc) is 2.68. The summed E-state index contributed by atoms with van der Waals surface area (Å²) in [5.41, 5.74) is 0.472. The van der Waals surface area contributed by atoms with Gasteiger partial charge in [0.15, 0.2) is 11.6 Å². The second kappa shape index (κ2) is 8.44. The van der Waals surface area contributed by atoms with Crippen molar-refractivity contribution in [3.05, 3.63) is 53.1 Å². The summed E-state index contributed by atoms with van der Waals surface area (Å²) in [7, 11) is 1.46. The summed E-state index contributed by atoms with van der Waals surface area (Å²) in [4.78, 5) is 39.0. The van der Waals surface area contributed by atoms with Crippen LogP contribution in [0.2, 0.25) is 5.02 Å². The topological polar surface area (TPSA) is 79.0 Å². The van der Waals surface area contributed by atoms with E-state index in [-0.39, 0.29) is 25.3 Å². The quantitative estimate of drug-likeness (QED) is 0.749. The molecule has 1 fully saturated rings. The maximum atomic E-state index is 13.4. The minimum Gasteiger partial charge on any atom is -0.495 e. The molecule has 2 aromatic rings. The monoisotopic (exact) mass is 423 g/mol. The molecule has 0 spiro atoms. The molecule has 1 aliphatic heterocycles. The maximum absolute atomic E-state index is 13.4. The molecular weight excluding hydrogens is 408 g/mol. The summed E-state index contributed by atoms with van der Waals surface area (Å²) in [6, 6.07) is 7.58. The molecule has 1 saturated heterocycles. The third kappa shape index (κ3) is 4.45. The van der Waals surface area contributed by atoms with Gasteiger partial charge in [-0.25, -0.2) is 8.78 Å². The van der Waals surface area contributed by atoms with Crippen LogP contribution >= 0.6 is 11.6 Å². The number of nitrogens with zero attached hydrogens (tertiary/aromatic N) is 2. The highest BCUT2D eigenvalue weighted by molar-refractivity contribution is 6.41. The summed E-state index contributed by atoms with van der Waals surface area (Å²) in [5, 5.41) is 2.89. The predicted octanol–water partition coefficient (Wildman–Crippen LogP) is 2.44. The van der Waals surface area contributed by atoms with Crippen LogP contribution in [0.25, 0.3) is 0 Å². The smallest absolute Gasteiger partial charge is 0.316 e. The summed E-state index contributed by atoms with van der Waals surface area (Å²) < 4.78 is 31.5. The Morgan fingerprint density at radius 3 is 2.52 bits per heavy atom. The van der Waals surface area contributed by atoms with Gasteiger partial charge in [0.2, 0.25) is 5.91 Å². The van der Waals surface area contributed by atoms with E-state index in [4.69, 9.17) is 16.3 Å². The number of amides is 3. The fourth-order valence-electron chi connectivity index (χ4n) is 2.84. The normalized spacial score (nSPS) is 14.2. The van der Waals surface area contributed by atoms with Crippen LogP contribution in [0, 0.1) is 11.6 Å². The van der Waals surface area contributed by atoms with E-state index in [1.165, 1.54) is 19.2 Å². The van der Waals surface area contributed by atoms with Crippen LogP contribution in [0.15, 0.2) is 36.4 Å². The molecule has 152 valence electrons. The van der Waals surface area contributed by atoms with Crippen LogP contribution in [0.4, 0.5) is 20.2 Å². The molecule has 3 rings (SSSR count). The second-order valence-corrected chi connectivity index (χ2v) is 6.59. The Hall–Kier alpha value is -3.20. The molecule has 0 atom stereocenters. The first-order chi connectivity index (χ1) is 13.8. The fourth-order valence-corrected chi connectivity index (χ4v) is 3.10. The number of hydrogen-bond acceptors (Lipinski definition) is 4. The van der Waals surface area contributed by atoms with E-state index in [0.29, 0.717) is 16.5 Å². The first kappa shape index (κ1) is 20.5. The first-order valence-electron chi connectivity index (χ1n) is 8.49. The van der Waals surface area contributed by atoms with E-state index < -0.39 is 29.4 Å². The lowest BCUT2D eigenvalue weighted by atomic mass is 10.2. The highest BCUT2D eigenvalue weighted by Gasteiger charge is 2.34. The summed E-state index contributed by atoms with van der Waals surface area (Å²) >= 11 is 6.00. The minimum atomic E-state index is -1.12. The molecule has 10 heteroatoms. The molecule has 0 aromatic heterocycles. The van der Waals surface area contributed by atoms with Crippen LogP contribution in [-0.4, -0.2) is 49.4 Å². The van der Waals surface area contributed by atoms with Crippen LogP contribution in [0.1, 0.15) is 0 Å². The van der Waals surface area contributed by atoms with Crippen molar-refractivity contribution in [3.63, 3.8) is 0 Å². The van der Waals surface area contributed by atoms with Crippen LogP contribution in [-0.2, 0) is 14.4 Å². The van der Waals surface area contributed by atoms with Gasteiger partial charge in [-0.1, -0.05) is 11.6 Å². The highest BCUT2D eigenvalue weighted by Crippen LogP contribution is 2.27. The first-order valence-corrected chi connectivity index (χ1v) is 8.87. The third-order valence-corrected chi connectivity index (χ3v) is 4.59. The van der Waals surface area contributed by atoms with E-state index in [9.17, 15) is 23.2 Å². The van der Waals surface area contributed by atoms with Crippen LogP contribution < -0.4 is 15.0 Å². The molecule has 1 aliphatic rings. The number of hydrogen-bond donors (Lipinski definition) is 1. The van der Waals surface area contributed by atoms with Gasteiger partial charge < -0.3 is 19.9 Å². The Bertz CT molecular complexity index is 986. The van der Waals surface area contributed by atoms with Gasteiger partial charge in [-0.15, -0.1) is 0 Å². The van der Waals surface area contributed by atoms with Crippen molar-refractivity contribution in [2.45, 2.75) is 0 Å². The lowest BCUT2D eigenvalue weighted by Gasteiger charge is -2.33. The average molecular weight is 424 g/mol. The van der Waals surface area contributed by atoms with Crippen LogP contribution in [0.5, 0.6) is 5.75 Å². The molecule has 0 radical (unpaired) electrons. The molecule has 0 bridgehead atoms. The number of methoxy groups -OCH3 is 1. The number of benzene rings is 2. The number of piperazine rings is 1. The van der Waals surface area contributed by atoms with Crippen molar-refractivity contribution in [3.8, 4) is 5.75 Å². The van der Waals surface area contributed by atoms with E-state index in [2.05, 4.69) is 5.32 Å². The molecular formula is C19H16ClF2N3O4. The lowest BCUT2D eigenvalue weighted by Crippen LogP contribution is -2.56. The molecule has 1 heterocycles. The Morgan fingerprint density at radius 2 is 1.86 bits per heavy atom. The molecule has 29 heavy (non-hydrogen) atoms. The van der Waals surface area contributed by atoms with Gasteiger partial charge >= 0.3 is 11.8 Å². The number of nitrogens with one attached hydrogen (secondary N) is 1. The Kier molecular flexibility index (Phi) is 5.97. The van der Waals surface area contributed by atoms with Gasteiger partial charge in [0, 0.05) is 30.5 Å². The van der Waals surface area contributed by atoms with Gasteiger partial charge in [0.05, 0.1) is 12.1 Å². The van der Waals surface area contributed by atoms with Crippen molar-refractivity contribution >= 4 is 40.7 Å². The second-order valence-electron chi connectivity index (χ2n) is 6.18. The molecule has 0 aliphatic carbocycles. The van der Waals surface area contributed by atoms with Gasteiger partial charge in [-0.3, -0.25) is 14.4 Å². The SMILES string of the molecule is COc1ccc(NC(=O)CN2CCN(c3ccc(F)c(F)c3)C(=O)C2=O)cc1Cl. The molecule has 3 amide bonds. The lowest BCUT2D eigenvalue weighted by molar-refractivity contribution is -0.147. The van der Waals surface area contributed by atoms with Gasteiger partial charge in [0.1, 0.15) is 12.3 Å². The van der Waals surface area contributed by atoms with E-state index in [1.54, 1.807) is 12.1 Å². The zero-order valence-electron chi connectivity index (χ0n) is 15.2. The third-order valence-electron chi connectivity index (χ3n) is 4.29. The fraction of sp³-hybridized carbons (Fsp3) is 0.211. The van der Waals surface area contributed by atoms with Gasteiger partial charge in [-0.2, -0.15) is 0 Å². The Morgan fingerprint density at radius 1 is 1.10 bits per heavy atom. The Labute approximate surface area is 169 Å². The zero-order chi connectivity index (χ0) is 21.1. The van der Waals surface area contributed by atoms with Crippen molar-refractivity contribution in [2.75, 3.05) is 37.0 Å². The minimum absolute atomic E-state index is 0.0390. The maximum Gasteiger partial charge on any atom is 0.316 e. The van der Waals surface area contributed by atoms with E-state index >= 15 is 0 Å². The van der Waals surface area contributed by atoms with Gasteiger partial charge in [-0.05, 0) is 30.3 Å². The summed E-state index contributed by atoms with van der Waals surface area (Å²) in [5.74, 6) is -4.09. The van der Waals surface area contributed by atoms with Crippen molar-refractivity contribution in [1.29, 1.82) is 0 Å². The predicted molar refractivity (Wildman–Crippen MR) is 102 cm³/mol. The largest absolute Gasteiger partial charge is 0.495 e. The highest BCUT2D eigenvalue weighted by atomic mass is 35.5. The number of ether oxygens (including phenoxy) is 1. The van der Waals surface area contributed by atoms with E-state index in [0.717, 1.165) is 21.9 Å². The number of carbonyl (C=O) groups is 3. The summed E-state index contributed by atoms with van der Waals surface area (Å²) in [6.07, 6.45) is 0. The number of anilines is 2. The Balaban J connectivity index is 1.63. The van der Waals surface area contributed by atoms with Crippen molar-refractivity contribution in [1.82, 2.24) is 4.90 Å². The number of halogens is 3. The number of rotatable bonds is 5. The molecule has 1 N–H and O–H groups in total. The zero-order valence-corrected chi connectivity index (χ0v) is 16.0. The van der Waals surface area contributed by atoms with Crippen molar-refractivity contribution < 1.29 is 27.9 Å².